The van der Waals surface area contributed by atoms with E-state index in [0.717, 1.165) is 0 Å². The first kappa shape index (κ1) is 17.9. The van der Waals surface area contributed by atoms with Crippen LogP contribution in [0.1, 0.15) is 17.3 Å². The number of nitrogens with zero attached hydrogens (tertiary/aromatic N) is 2. The van der Waals surface area contributed by atoms with Gasteiger partial charge in [-0.15, -0.1) is 0 Å². The molecule has 27 heavy (non-hydrogen) atoms. The fourth-order valence-corrected chi connectivity index (χ4v) is 2.21. The van der Waals surface area contributed by atoms with Crippen molar-refractivity contribution < 1.29 is 28.6 Å². The third kappa shape index (κ3) is 4.60. The molecule has 3 aromatic rings. The lowest BCUT2D eigenvalue weighted by Crippen LogP contribution is -2.31. The molecule has 0 spiro atoms. The van der Waals surface area contributed by atoms with Gasteiger partial charge in [-0.2, -0.15) is 0 Å². The summed E-state index contributed by atoms with van der Waals surface area (Å²) in [5, 5.41) is 18.2. The first-order valence-corrected chi connectivity index (χ1v) is 8.08. The van der Waals surface area contributed by atoms with E-state index in [9.17, 15) is 14.7 Å². The van der Waals surface area contributed by atoms with Crippen LogP contribution >= 0.6 is 0 Å². The monoisotopic (exact) mass is 369 g/mol. The third-order valence-electron chi connectivity index (χ3n) is 3.47. The lowest BCUT2D eigenvalue weighted by molar-refractivity contribution is -0.670. The number of aromatic hydroxyl groups is 1. The van der Waals surface area contributed by atoms with E-state index in [-0.39, 0.29) is 11.6 Å². The van der Waals surface area contributed by atoms with Gasteiger partial charge in [-0.3, -0.25) is 9.84 Å². The predicted octanol–water partition coefficient (Wildman–Crippen LogP) is 2.48. The number of urea groups is 1. The van der Waals surface area contributed by atoms with Gasteiger partial charge in [0.2, 0.25) is 11.0 Å². The van der Waals surface area contributed by atoms with Crippen LogP contribution in [0.5, 0.6) is 5.75 Å². The zero-order chi connectivity index (χ0) is 19.2. The van der Waals surface area contributed by atoms with Crippen molar-refractivity contribution in [2.75, 3.05) is 17.2 Å². The first-order valence-electron chi connectivity index (χ1n) is 8.08. The summed E-state index contributed by atoms with van der Waals surface area (Å²) in [5.41, 5.74) is 1.54. The van der Waals surface area contributed by atoms with Gasteiger partial charge in [0.25, 0.3) is 6.20 Å². The van der Waals surface area contributed by atoms with Crippen molar-refractivity contribution in [1.82, 2.24) is 5.27 Å². The molecule has 0 fully saturated rings. The molecule has 1 heterocycles. The highest BCUT2D eigenvalue weighted by Gasteiger charge is 2.16. The predicted molar refractivity (Wildman–Crippen MR) is 94.7 cm³/mol. The molecule has 0 aliphatic carbocycles. The average molecular weight is 369 g/mol. The molecule has 0 radical (unpaired) electrons. The van der Waals surface area contributed by atoms with E-state index in [1.54, 1.807) is 43.3 Å². The minimum atomic E-state index is -0.534. The molecule has 3 rings (SSSR count). The summed E-state index contributed by atoms with van der Waals surface area (Å²) < 4.78 is 11.4. The number of hydrogen-bond acceptors (Lipinski definition) is 6. The highest BCUT2D eigenvalue weighted by atomic mass is 16.5. The molecule has 0 bridgehead atoms. The van der Waals surface area contributed by atoms with Gasteiger partial charge in [0.1, 0.15) is 5.75 Å². The van der Waals surface area contributed by atoms with Crippen LogP contribution in [0, 0.1) is 0 Å². The van der Waals surface area contributed by atoms with Crippen LogP contribution in [-0.2, 0) is 4.74 Å². The number of hydrogen-bond donors (Lipinski definition) is 3. The van der Waals surface area contributed by atoms with Gasteiger partial charge >= 0.3 is 17.9 Å². The number of anilines is 2. The smallest absolute Gasteiger partial charge is 0.338 e. The molecule has 0 saturated heterocycles. The van der Waals surface area contributed by atoms with E-state index in [0.29, 0.717) is 23.5 Å². The molecule has 0 saturated carbocycles. The highest BCUT2D eigenvalue weighted by molar-refractivity contribution is 5.99. The standard InChI is InChI=1S/C18H16N4O5/c1-2-26-17(24)12-3-5-13(6-4-12)19-18(25)20-16-11-22(21-27-16)14-7-9-15(23)10-8-14/h3-11H,2H2,1H3,(H2-,19,20,21,23,24,25)/p+1. The Morgan fingerprint density at radius 3 is 2.48 bits per heavy atom. The molecule has 9 heteroatoms. The second-order valence-corrected chi connectivity index (χ2v) is 5.40. The Hall–Kier alpha value is -3.88. The molecule has 0 aliphatic heterocycles. The van der Waals surface area contributed by atoms with Crippen LogP contribution in [-0.4, -0.2) is 29.0 Å². The maximum atomic E-state index is 12.0. The Bertz CT molecular complexity index is 935. The Labute approximate surface area is 154 Å². The lowest BCUT2D eigenvalue weighted by atomic mass is 10.2. The van der Waals surface area contributed by atoms with Crippen molar-refractivity contribution >= 4 is 23.6 Å². The number of carbonyl (C=O) groups excluding carboxylic acids is 2. The summed E-state index contributed by atoms with van der Waals surface area (Å²) in [4.78, 5) is 23.6. The lowest BCUT2D eigenvalue weighted by Gasteiger charge is -2.05. The Morgan fingerprint density at radius 1 is 1.11 bits per heavy atom. The molecule has 0 unspecified atom stereocenters. The van der Waals surface area contributed by atoms with E-state index in [1.807, 2.05) is 0 Å². The van der Waals surface area contributed by atoms with Gasteiger partial charge in [-0.1, -0.05) is 0 Å². The van der Waals surface area contributed by atoms with Crippen LogP contribution in [0.4, 0.5) is 16.4 Å². The van der Waals surface area contributed by atoms with Crippen LogP contribution in [0.15, 0.2) is 59.3 Å². The molecule has 0 aliphatic rings. The Kier molecular flexibility index (Phi) is 5.31. The molecule has 2 amide bonds. The van der Waals surface area contributed by atoms with Crippen molar-refractivity contribution in [3.8, 4) is 11.4 Å². The second-order valence-electron chi connectivity index (χ2n) is 5.40. The van der Waals surface area contributed by atoms with E-state index >= 15 is 0 Å². The summed E-state index contributed by atoms with van der Waals surface area (Å²) in [7, 11) is 0. The van der Waals surface area contributed by atoms with E-state index in [2.05, 4.69) is 15.9 Å². The number of rotatable bonds is 5. The number of ether oxygens (including phenoxy) is 1. The number of amides is 2. The SMILES string of the molecule is CCOC(=O)c1ccc(NC(=O)Nc2c[n+](-c3ccc(O)cc3)no2)cc1. The summed E-state index contributed by atoms with van der Waals surface area (Å²) >= 11 is 0. The zero-order valence-corrected chi connectivity index (χ0v) is 14.4. The fraction of sp³-hybridized carbons (Fsp3) is 0.111. The Morgan fingerprint density at radius 2 is 1.81 bits per heavy atom. The molecule has 9 nitrogen and oxygen atoms in total. The van der Waals surface area contributed by atoms with Crippen molar-refractivity contribution in [2.24, 2.45) is 0 Å². The van der Waals surface area contributed by atoms with Crippen LogP contribution in [0.2, 0.25) is 0 Å². The number of phenolic OH excluding ortho intramolecular Hbond substituents is 1. The molecule has 0 atom stereocenters. The quantitative estimate of drug-likeness (QED) is 0.470. The number of esters is 1. The van der Waals surface area contributed by atoms with Crippen molar-refractivity contribution in [3.05, 3.63) is 60.3 Å². The minimum absolute atomic E-state index is 0.128. The van der Waals surface area contributed by atoms with Crippen molar-refractivity contribution in [1.29, 1.82) is 0 Å². The number of carbonyl (C=O) groups is 2. The van der Waals surface area contributed by atoms with Gasteiger partial charge < -0.3 is 15.2 Å². The minimum Gasteiger partial charge on any atom is -0.508 e. The van der Waals surface area contributed by atoms with Crippen LogP contribution in [0.3, 0.4) is 0 Å². The largest absolute Gasteiger partial charge is 0.508 e. The number of benzene rings is 2. The van der Waals surface area contributed by atoms with Crippen molar-refractivity contribution in [3.63, 3.8) is 0 Å². The number of aromatic nitrogens is 2. The number of phenols is 1. The topological polar surface area (TPSA) is 118 Å². The zero-order valence-electron chi connectivity index (χ0n) is 14.4. The summed E-state index contributed by atoms with van der Waals surface area (Å²) in [5.74, 6) is -0.160. The molecule has 3 N–H and O–H groups in total. The van der Waals surface area contributed by atoms with Gasteiger partial charge in [0, 0.05) is 17.8 Å². The second kappa shape index (κ2) is 8.00. The van der Waals surface area contributed by atoms with E-state index in [1.165, 1.54) is 23.0 Å². The highest BCUT2D eigenvalue weighted by Crippen LogP contribution is 2.13. The van der Waals surface area contributed by atoms with E-state index in [4.69, 9.17) is 9.26 Å². The van der Waals surface area contributed by atoms with Gasteiger partial charge in [-0.05, 0) is 48.0 Å². The summed E-state index contributed by atoms with van der Waals surface area (Å²) in [6.45, 7) is 2.02. The molecular weight excluding hydrogens is 352 g/mol. The third-order valence-corrected chi connectivity index (χ3v) is 3.47. The molecular formula is C18H17N4O5+. The molecule has 1 aromatic heterocycles. The normalized spacial score (nSPS) is 10.3. The first-order chi connectivity index (χ1) is 13.0. The number of nitrogens with one attached hydrogen (secondary N) is 2. The maximum Gasteiger partial charge on any atom is 0.338 e. The van der Waals surface area contributed by atoms with Gasteiger partial charge in [-0.25, -0.2) is 9.59 Å². The summed E-state index contributed by atoms with van der Waals surface area (Å²) in [6, 6.07) is 12.1. The van der Waals surface area contributed by atoms with Gasteiger partial charge in [0.05, 0.1) is 12.2 Å². The van der Waals surface area contributed by atoms with E-state index < -0.39 is 12.0 Å². The van der Waals surface area contributed by atoms with Crippen LogP contribution in [0.25, 0.3) is 5.69 Å². The summed E-state index contributed by atoms with van der Waals surface area (Å²) in [6.07, 6.45) is 1.48. The fourth-order valence-electron chi connectivity index (χ4n) is 2.21. The molecule has 2 aromatic carbocycles. The molecule has 138 valence electrons. The Balaban J connectivity index is 1.59. The van der Waals surface area contributed by atoms with Gasteiger partial charge in [0.15, 0.2) is 0 Å². The average Bonchev–Trinajstić information content (AvgIpc) is 3.11. The van der Waals surface area contributed by atoms with Crippen molar-refractivity contribution in [2.45, 2.75) is 6.92 Å². The maximum absolute atomic E-state index is 12.0. The van der Waals surface area contributed by atoms with Crippen LogP contribution < -0.4 is 15.3 Å².